The van der Waals surface area contributed by atoms with Gasteiger partial charge in [-0.3, -0.25) is 9.78 Å². The number of halogens is 1. The third kappa shape index (κ3) is 4.89. The van der Waals surface area contributed by atoms with Crippen LogP contribution in [-0.2, 0) is 16.4 Å². The fourth-order valence-electron chi connectivity index (χ4n) is 5.13. The second-order valence-corrected chi connectivity index (χ2v) is 11.7. The number of hydrogen-bond acceptors (Lipinski definition) is 6. The third-order valence-corrected chi connectivity index (χ3v) is 8.96. The molecule has 0 spiro atoms. The molecule has 1 saturated heterocycles. The standard InChI is InChI=1S/C28H28ClN5O4S/c1-4-39(36,37)34-16-6-12-28(34,2)13-9-18-17-30-14-10-19(18)24-25(23-21(32-24)11-15-31-27(23)35)33-22-8-5-7-20(29)26(22)38-3/h4-5,7-8,10,14,17,32-33H,1,6,11-12,15-16H2,2-3H3,(H,31,35)/t28-/m0/s1. The van der Waals surface area contributed by atoms with Crippen LogP contribution < -0.4 is 15.4 Å². The van der Waals surface area contributed by atoms with Crippen molar-refractivity contribution in [3.8, 4) is 28.8 Å². The van der Waals surface area contributed by atoms with E-state index in [1.54, 1.807) is 24.5 Å². The summed E-state index contributed by atoms with van der Waals surface area (Å²) >= 11 is 6.36. The maximum atomic E-state index is 13.0. The number of nitrogens with one attached hydrogen (secondary N) is 3. The number of sulfonamides is 1. The zero-order valence-corrected chi connectivity index (χ0v) is 23.2. The van der Waals surface area contributed by atoms with Gasteiger partial charge >= 0.3 is 0 Å². The maximum Gasteiger partial charge on any atom is 0.255 e. The molecule has 0 radical (unpaired) electrons. The molecule has 9 nitrogen and oxygen atoms in total. The molecule has 0 aliphatic carbocycles. The molecule has 2 aromatic heterocycles. The van der Waals surface area contributed by atoms with Gasteiger partial charge in [0.15, 0.2) is 5.75 Å². The van der Waals surface area contributed by atoms with Gasteiger partial charge in [-0.25, -0.2) is 8.42 Å². The summed E-state index contributed by atoms with van der Waals surface area (Å²) in [4.78, 5) is 20.7. The SMILES string of the molecule is C=CS(=O)(=O)N1CCC[C@@]1(C)C#Cc1cnccc1-c1[nH]c2c(c1Nc1cccc(Cl)c1OC)C(=O)NCC2. The molecule has 202 valence electrons. The molecule has 1 fully saturated rings. The van der Waals surface area contributed by atoms with Crippen molar-refractivity contribution in [3.05, 3.63) is 70.5 Å². The first kappa shape index (κ1) is 26.8. The normalized spacial score (nSPS) is 19.0. The number of para-hydroxylation sites is 1. The highest BCUT2D eigenvalue weighted by Gasteiger charge is 2.41. The Morgan fingerprint density at radius 1 is 1.33 bits per heavy atom. The first-order valence-corrected chi connectivity index (χ1v) is 14.3. The van der Waals surface area contributed by atoms with Crippen LogP contribution in [0.5, 0.6) is 5.75 Å². The van der Waals surface area contributed by atoms with Crippen molar-refractivity contribution in [2.45, 2.75) is 31.7 Å². The number of rotatable bonds is 6. The lowest BCUT2D eigenvalue weighted by atomic mass is 9.99. The second-order valence-electron chi connectivity index (χ2n) is 9.51. The minimum absolute atomic E-state index is 0.201. The van der Waals surface area contributed by atoms with Crippen molar-refractivity contribution in [2.24, 2.45) is 0 Å². The summed E-state index contributed by atoms with van der Waals surface area (Å²) in [6.45, 7) is 6.18. The molecule has 2 aliphatic heterocycles. The summed E-state index contributed by atoms with van der Waals surface area (Å²) < 4.78 is 32.1. The Bertz CT molecular complexity index is 1640. The largest absolute Gasteiger partial charge is 0.493 e. The van der Waals surface area contributed by atoms with Crippen LogP contribution in [0, 0.1) is 11.8 Å². The Morgan fingerprint density at radius 2 is 2.15 bits per heavy atom. The van der Waals surface area contributed by atoms with Crippen LogP contribution in [0.1, 0.15) is 41.4 Å². The number of ether oxygens (including phenoxy) is 1. The van der Waals surface area contributed by atoms with Gasteiger partial charge in [-0.1, -0.05) is 36.1 Å². The smallest absolute Gasteiger partial charge is 0.255 e. The summed E-state index contributed by atoms with van der Waals surface area (Å²) in [5, 5.41) is 7.67. The molecule has 3 aromatic rings. The number of hydrogen-bond donors (Lipinski definition) is 3. The van der Waals surface area contributed by atoms with Crippen LogP contribution in [0.25, 0.3) is 11.3 Å². The van der Waals surface area contributed by atoms with Crippen molar-refractivity contribution in [3.63, 3.8) is 0 Å². The number of pyridine rings is 1. The molecule has 0 saturated carbocycles. The molecule has 11 heteroatoms. The molecule has 4 heterocycles. The summed E-state index contributed by atoms with van der Waals surface area (Å²) in [6.07, 6.45) is 5.21. The van der Waals surface area contributed by atoms with Gasteiger partial charge in [-0.05, 0) is 38.0 Å². The lowest BCUT2D eigenvalue weighted by molar-refractivity contribution is 0.0947. The van der Waals surface area contributed by atoms with Crippen molar-refractivity contribution in [1.82, 2.24) is 19.6 Å². The molecule has 2 aliphatic rings. The maximum absolute atomic E-state index is 13.0. The van der Waals surface area contributed by atoms with Gasteiger partial charge in [-0.15, -0.1) is 0 Å². The van der Waals surface area contributed by atoms with Crippen molar-refractivity contribution in [1.29, 1.82) is 0 Å². The number of amides is 1. The Morgan fingerprint density at radius 3 is 2.92 bits per heavy atom. The van der Waals surface area contributed by atoms with E-state index >= 15 is 0 Å². The highest BCUT2D eigenvalue weighted by Crippen LogP contribution is 2.41. The van der Waals surface area contributed by atoms with E-state index in [1.807, 2.05) is 19.1 Å². The number of nitrogens with zero attached hydrogens (tertiary/aromatic N) is 2. The fraction of sp³-hybridized carbons (Fsp3) is 0.286. The number of benzene rings is 1. The Labute approximate surface area is 232 Å². The van der Waals surface area contributed by atoms with E-state index in [0.717, 1.165) is 11.1 Å². The lowest BCUT2D eigenvalue weighted by Gasteiger charge is -2.28. The van der Waals surface area contributed by atoms with Gasteiger partial charge in [0.1, 0.15) is 0 Å². The second kappa shape index (κ2) is 10.4. The third-order valence-electron chi connectivity index (χ3n) is 7.05. The van der Waals surface area contributed by atoms with E-state index in [2.05, 4.69) is 39.0 Å². The van der Waals surface area contributed by atoms with Crippen molar-refractivity contribution in [2.75, 3.05) is 25.5 Å². The molecule has 1 amide bonds. The average Bonchev–Trinajstić information content (AvgIpc) is 3.50. The minimum atomic E-state index is -3.64. The Hall–Kier alpha value is -3.78. The highest BCUT2D eigenvalue weighted by atomic mass is 35.5. The van der Waals surface area contributed by atoms with Crippen LogP contribution in [0.4, 0.5) is 11.4 Å². The Balaban J connectivity index is 1.64. The zero-order chi connectivity index (χ0) is 27.8. The van der Waals surface area contributed by atoms with Crippen molar-refractivity contribution < 1.29 is 17.9 Å². The first-order chi connectivity index (χ1) is 18.7. The molecular formula is C28H28ClN5O4S. The topological polar surface area (TPSA) is 116 Å². The molecule has 3 N–H and O–H groups in total. The molecule has 0 unspecified atom stereocenters. The Kier molecular flexibility index (Phi) is 7.16. The molecule has 1 aromatic carbocycles. The van der Waals surface area contributed by atoms with Gasteiger partial charge in [0.05, 0.1) is 45.9 Å². The minimum Gasteiger partial charge on any atom is -0.493 e. The number of H-pyrrole nitrogens is 1. The number of fused-ring (bicyclic) bond motifs is 1. The van der Waals surface area contributed by atoms with E-state index in [1.165, 1.54) is 11.4 Å². The fourth-order valence-corrected chi connectivity index (χ4v) is 6.64. The number of aromatic amines is 1. The number of methoxy groups -OCH3 is 1. The molecule has 39 heavy (non-hydrogen) atoms. The average molecular weight is 566 g/mol. The first-order valence-electron chi connectivity index (χ1n) is 12.4. The molecule has 0 bridgehead atoms. The van der Waals surface area contributed by atoms with E-state index in [4.69, 9.17) is 16.3 Å². The highest BCUT2D eigenvalue weighted by molar-refractivity contribution is 7.92. The summed E-state index contributed by atoms with van der Waals surface area (Å²) in [5.74, 6) is 6.63. The van der Waals surface area contributed by atoms with Gasteiger partial charge in [0.25, 0.3) is 5.91 Å². The van der Waals surface area contributed by atoms with Gasteiger partial charge in [-0.2, -0.15) is 4.31 Å². The number of carbonyl (C=O) groups is 1. The molecule has 5 rings (SSSR count). The van der Waals surface area contributed by atoms with Crippen LogP contribution in [0.15, 0.2) is 48.6 Å². The number of carbonyl (C=O) groups excluding carboxylic acids is 1. The van der Waals surface area contributed by atoms with Crippen LogP contribution in [0.2, 0.25) is 5.02 Å². The predicted octanol–water partition coefficient (Wildman–Crippen LogP) is 4.45. The zero-order valence-electron chi connectivity index (χ0n) is 21.6. The number of aromatic nitrogens is 2. The quantitative estimate of drug-likeness (QED) is 0.380. The predicted molar refractivity (Wildman–Crippen MR) is 152 cm³/mol. The molecular weight excluding hydrogens is 538 g/mol. The van der Waals surface area contributed by atoms with Crippen LogP contribution in [0.3, 0.4) is 0 Å². The van der Waals surface area contributed by atoms with Gasteiger partial charge in [0.2, 0.25) is 10.0 Å². The van der Waals surface area contributed by atoms with Crippen LogP contribution >= 0.6 is 11.6 Å². The van der Waals surface area contributed by atoms with E-state index in [-0.39, 0.29) is 5.91 Å². The molecule has 1 atom stereocenters. The van der Waals surface area contributed by atoms with Crippen LogP contribution in [-0.4, -0.2) is 54.3 Å². The summed E-state index contributed by atoms with van der Waals surface area (Å²) in [7, 11) is -2.11. The van der Waals surface area contributed by atoms with Crippen molar-refractivity contribution >= 4 is 38.9 Å². The van der Waals surface area contributed by atoms with Gasteiger partial charge in [0, 0.05) is 48.6 Å². The van der Waals surface area contributed by atoms with Gasteiger partial charge < -0.3 is 20.4 Å². The monoisotopic (exact) mass is 565 g/mol. The van der Waals surface area contributed by atoms with E-state index in [0.29, 0.717) is 76.9 Å². The summed E-state index contributed by atoms with van der Waals surface area (Å²) in [5.41, 5.74) is 3.50. The lowest BCUT2D eigenvalue weighted by Crippen LogP contribution is -2.42. The van der Waals surface area contributed by atoms with E-state index < -0.39 is 15.6 Å². The summed E-state index contributed by atoms with van der Waals surface area (Å²) in [6, 6.07) is 7.15. The number of anilines is 2. The van der Waals surface area contributed by atoms with E-state index in [9.17, 15) is 13.2 Å².